The third-order valence-electron chi connectivity index (χ3n) is 3.48. The van der Waals surface area contributed by atoms with E-state index in [-0.39, 0.29) is 5.91 Å². The standard InChI is InChI=1S/C14H17BrClNO/c15-9-11-2-1-3-13(11)17-14(18)8-10-4-6-12(16)7-5-10/h4-7,11,13H,1-3,8-9H2,(H,17,18). The summed E-state index contributed by atoms with van der Waals surface area (Å²) >= 11 is 9.33. The molecule has 1 fully saturated rings. The van der Waals surface area contributed by atoms with Gasteiger partial charge >= 0.3 is 0 Å². The lowest BCUT2D eigenvalue weighted by atomic mass is 10.1. The van der Waals surface area contributed by atoms with Crippen molar-refractivity contribution in [3.8, 4) is 0 Å². The molecule has 0 aliphatic heterocycles. The lowest BCUT2D eigenvalue weighted by molar-refractivity contribution is -0.121. The Morgan fingerprint density at radius 1 is 1.33 bits per heavy atom. The third kappa shape index (κ3) is 3.72. The fourth-order valence-electron chi connectivity index (χ4n) is 2.46. The minimum atomic E-state index is 0.107. The summed E-state index contributed by atoms with van der Waals surface area (Å²) in [6.07, 6.45) is 3.95. The predicted molar refractivity (Wildman–Crippen MR) is 78.2 cm³/mol. The zero-order chi connectivity index (χ0) is 13.0. The maximum atomic E-state index is 12.0. The van der Waals surface area contributed by atoms with E-state index in [1.807, 2.05) is 24.3 Å². The van der Waals surface area contributed by atoms with Crippen molar-refractivity contribution in [3.05, 3.63) is 34.9 Å². The molecular formula is C14H17BrClNO. The SMILES string of the molecule is O=C(Cc1ccc(Cl)cc1)NC1CCCC1CBr. The molecule has 98 valence electrons. The molecule has 2 rings (SSSR count). The molecule has 1 saturated carbocycles. The lowest BCUT2D eigenvalue weighted by Gasteiger charge is -2.19. The van der Waals surface area contributed by atoms with Crippen molar-refractivity contribution in [2.24, 2.45) is 5.92 Å². The van der Waals surface area contributed by atoms with Crippen molar-refractivity contribution in [1.29, 1.82) is 0 Å². The maximum absolute atomic E-state index is 12.0. The molecule has 0 aromatic heterocycles. The summed E-state index contributed by atoms with van der Waals surface area (Å²) in [5.74, 6) is 0.689. The van der Waals surface area contributed by atoms with Gasteiger partial charge in [-0.15, -0.1) is 0 Å². The number of alkyl halides is 1. The average molecular weight is 331 g/mol. The quantitative estimate of drug-likeness (QED) is 0.840. The van der Waals surface area contributed by atoms with Gasteiger partial charge in [0, 0.05) is 16.4 Å². The Morgan fingerprint density at radius 3 is 2.72 bits per heavy atom. The maximum Gasteiger partial charge on any atom is 0.224 e. The first kappa shape index (κ1) is 13.9. The van der Waals surface area contributed by atoms with Crippen LogP contribution in [0.5, 0.6) is 0 Å². The third-order valence-corrected chi connectivity index (χ3v) is 4.57. The van der Waals surface area contributed by atoms with Gasteiger partial charge in [0.2, 0.25) is 5.91 Å². The smallest absolute Gasteiger partial charge is 0.224 e. The van der Waals surface area contributed by atoms with Crippen LogP contribution in [0.2, 0.25) is 5.02 Å². The van der Waals surface area contributed by atoms with Crippen molar-refractivity contribution in [2.75, 3.05) is 5.33 Å². The highest BCUT2D eigenvalue weighted by Crippen LogP contribution is 2.27. The number of carbonyl (C=O) groups is 1. The first-order valence-corrected chi connectivity index (χ1v) is 7.79. The Labute approximate surface area is 121 Å². The predicted octanol–water partition coefficient (Wildman–Crippen LogP) is 3.56. The molecule has 2 unspecified atom stereocenters. The van der Waals surface area contributed by atoms with Crippen LogP contribution in [0.4, 0.5) is 0 Å². The minimum Gasteiger partial charge on any atom is -0.353 e. The number of benzene rings is 1. The van der Waals surface area contributed by atoms with Crippen molar-refractivity contribution in [1.82, 2.24) is 5.32 Å². The van der Waals surface area contributed by atoms with Crippen molar-refractivity contribution >= 4 is 33.4 Å². The second kappa shape index (κ2) is 6.58. The molecule has 4 heteroatoms. The molecule has 1 aliphatic rings. The number of nitrogens with one attached hydrogen (secondary N) is 1. The number of halogens is 2. The van der Waals surface area contributed by atoms with Crippen LogP contribution in [0.15, 0.2) is 24.3 Å². The molecule has 18 heavy (non-hydrogen) atoms. The van der Waals surface area contributed by atoms with Gasteiger partial charge < -0.3 is 5.32 Å². The molecule has 0 bridgehead atoms. The van der Waals surface area contributed by atoms with E-state index in [9.17, 15) is 4.79 Å². The van der Waals surface area contributed by atoms with Crippen LogP contribution in [-0.2, 0) is 11.2 Å². The second-order valence-corrected chi connectivity index (χ2v) is 5.91. The number of hydrogen-bond acceptors (Lipinski definition) is 1. The van der Waals surface area contributed by atoms with Gasteiger partial charge in [0.25, 0.3) is 0 Å². The Morgan fingerprint density at radius 2 is 2.06 bits per heavy atom. The Balaban J connectivity index is 1.86. The van der Waals surface area contributed by atoms with E-state index in [1.165, 1.54) is 12.8 Å². The fourth-order valence-corrected chi connectivity index (χ4v) is 3.36. The first-order chi connectivity index (χ1) is 8.69. The fraction of sp³-hybridized carbons (Fsp3) is 0.500. The number of amides is 1. The molecule has 1 aromatic carbocycles. The van der Waals surface area contributed by atoms with E-state index in [2.05, 4.69) is 21.2 Å². The van der Waals surface area contributed by atoms with Crippen LogP contribution in [0.25, 0.3) is 0 Å². The normalized spacial score (nSPS) is 23.0. The second-order valence-electron chi connectivity index (χ2n) is 4.82. The van der Waals surface area contributed by atoms with Crippen molar-refractivity contribution in [2.45, 2.75) is 31.7 Å². The number of hydrogen-bond donors (Lipinski definition) is 1. The summed E-state index contributed by atoms with van der Waals surface area (Å²) in [6, 6.07) is 7.78. The van der Waals surface area contributed by atoms with E-state index < -0.39 is 0 Å². The molecule has 0 heterocycles. The van der Waals surface area contributed by atoms with Crippen LogP contribution in [0.3, 0.4) is 0 Å². The van der Waals surface area contributed by atoms with Gasteiger partial charge in [-0.05, 0) is 36.5 Å². The molecule has 0 radical (unpaired) electrons. The topological polar surface area (TPSA) is 29.1 Å². The summed E-state index contributed by atoms with van der Waals surface area (Å²) in [6.45, 7) is 0. The molecule has 1 aliphatic carbocycles. The van der Waals surface area contributed by atoms with Gasteiger partial charge in [-0.1, -0.05) is 46.1 Å². The Hall–Kier alpha value is -0.540. The van der Waals surface area contributed by atoms with Gasteiger partial charge in [-0.25, -0.2) is 0 Å². The summed E-state index contributed by atoms with van der Waals surface area (Å²) < 4.78 is 0. The van der Waals surface area contributed by atoms with Gasteiger partial charge in [0.15, 0.2) is 0 Å². The summed E-state index contributed by atoms with van der Waals surface area (Å²) in [4.78, 5) is 12.0. The zero-order valence-electron chi connectivity index (χ0n) is 10.2. The molecule has 2 nitrogen and oxygen atoms in total. The average Bonchev–Trinajstić information content (AvgIpc) is 2.79. The summed E-state index contributed by atoms with van der Waals surface area (Å²) in [5.41, 5.74) is 1.00. The highest BCUT2D eigenvalue weighted by atomic mass is 79.9. The van der Waals surface area contributed by atoms with Crippen molar-refractivity contribution < 1.29 is 4.79 Å². The monoisotopic (exact) mass is 329 g/mol. The molecule has 1 N–H and O–H groups in total. The summed E-state index contributed by atoms with van der Waals surface area (Å²) in [7, 11) is 0. The zero-order valence-corrected chi connectivity index (χ0v) is 12.5. The highest BCUT2D eigenvalue weighted by Gasteiger charge is 2.27. The van der Waals surface area contributed by atoms with E-state index in [0.717, 1.165) is 17.3 Å². The van der Waals surface area contributed by atoms with Gasteiger partial charge in [0.1, 0.15) is 0 Å². The molecule has 1 aromatic rings. The van der Waals surface area contributed by atoms with Crippen molar-refractivity contribution in [3.63, 3.8) is 0 Å². The van der Waals surface area contributed by atoms with Crippen LogP contribution in [-0.4, -0.2) is 17.3 Å². The van der Waals surface area contributed by atoms with Crippen LogP contribution >= 0.6 is 27.5 Å². The minimum absolute atomic E-state index is 0.107. The molecule has 0 saturated heterocycles. The van der Waals surface area contributed by atoms with Gasteiger partial charge in [-0.2, -0.15) is 0 Å². The van der Waals surface area contributed by atoms with Gasteiger partial charge in [0.05, 0.1) is 6.42 Å². The highest BCUT2D eigenvalue weighted by molar-refractivity contribution is 9.09. The van der Waals surface area contributed by atoms with Crippen LogP contribution < -0.4 is 5.32 Å². The first-order valence-electron chi connectivity index (χ1n) is 6.29. The van der Waals surface area contributed by atoms with Crippen LogP contribution in [0, 0.1) is 5.92 Å². The molecule has 1 amide bonds. The molecular weight excluding hydrogens is 314 g/mol. The largest absolute Gasteiger partial charge is 0.353 e. The summed E-state index contributed by atoms with van der Waals surface area (Å²) in [5, 5.41) is 4.82. The van der Waals surface area contributed by atoms with E-state index >= 15 is 0 Å². The number of carbonyl (C=O) groups excluding carboxylic acids is 1. The van der Waals surface area contributed by atoms with E-state index in [4.69, 9.17) is 11.6 Å². The lowest BCUT2D eigenvalue weighted by Crippen LogP contribution is -2.38. The Bertz CT molecular complexity index is 407. The van der Waals surface area contributed by atoms with Crippen LogP contribution in [0.1, 0.15) is 24.8 Å². The number of rotatable bonds is 4. The van der Waals surface area contributed by atoms with E-state index in [1.54, 1.807) is 0 Å². The molecule has 0 spiro atoms. The van der Waals surface area contributed by atoms with Gasteiger partial charge in [-0.3, -0.25) is 4.79 Å². The molecule has 2 atom stereocenters. The Kier molecular flexibility index (Phi) is 5.07. The van der Waals surface area contributed by atoms with E-state index in [0.29, 0.717) is 23.4 Å².